The van der Waals surface area contributed by atoms with Crippen LogP contribution in [0.15, 0.2) is 36.5 Å². The molecule has 0 aliphatic carbocycles. The number of aromatic nitrogens is 2. The first-order chi connectivity index (χ1) is 9.59. The maximum atomic E-state index is 12.3. The van der Waals surface area contributed by atoms with E-state index >= 15 is 0 Å². The highest BCUT2D eigenvalue weighted by Crippen LogP contribution is 2.24. The Hall–Kier alpha value is -2.14. The number of benzene rings is 1. The number of carbonyl (C=O) groups is 1. The van der Waals surface area contributed by atoms with Crippen LogP contribution < -0.4 is 11.1 Å². The second kappa shape index (κ2) is 5.88. The third-order valence-corrected chi connectivity index (χ3v) is 3.71. The summed E-state index contributed by atoms with van der Waals surface area (Å²) in [6.07, 6.45) is 2.40. The quantitative estimate of drug-likeness (QED) is 0.781. The van der Waals surface area contributed by atoms with Gasteiger partial charge < -0.3 is 11.1 Å². The zero-order valence-corrected chi connectivity index (χ0v) is 11.8. The summed E-state index contributed by atoms with van der Waals surface area (Å²) in [4.78, 5) is 12.3. The number of hydrogen-bond acceptors (Lipinski definition) is 3. The molecule has 5 nitrogen and oxygen atoms in total. The Balaban J connectivity index is 2.19. The van der Waals surface area contributed by atoms with Crippen LogP contribution in [0, 0.1) is 5.41 Å². The minimum absolute atomic E-state index is 0.0516. The molecule has 2 rings (SSSR count). The zero-order valence-electron chi connectivity index (χ0n) is 11.8. The molecule has 1 aromatic carbocycles. The van der Waals surface area contributed by atoms with Crippen LogP contribution in [-0.4, -0.2) is 22.6 Å². The van der Waals surface area contributed by atoms with E-state index < -0.39 is 5.41 Å². The van der Waals surface area contributed by atoms with Gasteiger partial charge in [-0.25, -0.2) is 0 Å². The molecule has 4 N–H and O–H groups in total. The molecule has 0 saturated carbocycles. The third-order valence-electron chi connectivity index (χ3n) is 3.71. The van der Waals surface area contributed by atoms with E-state index in [2.05, 4.69) is 15.5 Å². The summed E-state index contributed by atoms with van der Waals surface area (Å²) in [6.45, 7) is 4.17. The summed E-state index contributed by atoms with van der Waals surface area (Å²) in [5.41, 5.74) is 7.82. The van der Waals surface area contributed by atoms with Crippen molar-refractivity contribution in [3.8, 4) is 11.3 Å². The minimum atomic E-state index is -0.538. The molecule has 1 amide bonds. The molecule has 0 bridgehead atoms. The number of nitrogens with zero attached hydrogens (tertiary/aromatic N) is 1. The number of hydrogen-bond donors (Lipinski definition) is 3. The Kier molecular flexibility index (Phi) is 4.20. The Morgan fingerprint density at radius 1 is 1.45 bits per heavy atom. The van der Waals surface area contributed by atoms with Crippen molar-refractivity contribution < 1.29 is 4.79 Å². The normalized spacial score (nSPS) is 13.8. The maximum Gasteiger partial charge on any atom is 0.231 e. The number of amides is 1. The molecule has 0 fully saturated rings. The minimum Gasteiger partial charge on any atom is -0.329 e. The highest BCUT2D eigenvalue weighted by atomic mass is 16.2. The topological polar surface area (TPSA) is 83.8 Å². The number of nitrogens with two attached hydrogens (primary N) is 1. The van der Waals surface area contributed by atoms with E-state index in [0.29, 0.717) is 13.0 Å². The summed E-state index contributed by atoms with van der Waals surface area (Å²) >= 11 is 0. The standard InChI is InChI=1S/C15H20N4O/c1-3-15(2,10-16)14(20)18-12-6-4-5-11(9-12)13-7-8-17-19-13/h4-9H,3,10,16H2,1-2H3,(H,17,19)(H,18,20). The average Bonchev–Trinajstić information content (AvgIpc) is 3.01. The summed E-state index contributed by atoms with van der Waals surface area (Å²) in [5.74, 6) is -0.0516. The third kappa shape index (κ3) is 2.88. The number of carbonyl (C=O) groups excluding carboxylic acids is 1. The van der Waals surface area contributed by atoms with Crippen molar-refractivity contribution in [2.75, 3.05) is 11.9 Å². The highest BCUT2D eigenvalue weighted by Gasteiger charge is 2.29. The van der Waals surface area contributed by atoms with Crippen molar-refractivity contribution in [1.29, 1.82) is 0 Å². The molecular weight excluding hydrogens is 252 g/mol. The maximum absolute atomic E-state index is 12.3. The molecular formula is C15H20N4O. The Labute approximate surface area is 118 Å². The summed E-state index contributed by atoms with van der Waals surface area (Å²) < 4.78 is 0. The smallest absolute Gasteiger partial charge is 0.231 e. The SMILES string of the molecule is CCC(C)(CN)C(=O)Nc1cccc(-c2ccn[nH]2)c1. The fourth-order valence-corrected chi connectivity index (χ4v) is 1.86. The summed E-state index contributed by atoms with van der Waals surface area (Å²) in [5, 5.41) is 9.76. The van der Waals surface area contributed by atoms with Crippen LogP contribution in [0.2, 0.25) is 0 Å². The first-order valence-electron chi connectivity index (χ1n) is 6.70. The zero-order chi connectivity index (χ0) is 14.6. The lowest BCUT2D eigenvalue weighted by Gasteiger charge is -2.25. The van der Waals surface area contributed by atoms with Crippen LogP contribution in [0.25, 0.3) is 11.3 Å². The van der Waals surface area contributed by atoms with Crippen LogP contribution in [0.5, 0.6) is 0 Å². The molecule has 1 atom stereocenters. The molecule has 106 valence electrons. The van der Waals surface area contributed by atoms with Gasteiger partial charge in [0.05, 0.1) is 11.1 Å². The fraction of sp³-hybridized carbons (Fsp3) is 0.333. The van der Waals surface area contributed by atoms with Crippen LogP contribution in [-0.2, 0) is 4.79 Å². The van der Waals surface area contributed by atoms with Crippen molar-refractivity contribution in [2.45, 2.75) is 20.3 Å². The first kappa shape index (κ1) is 14.3. The Morgan fingerprint density at radius 2 is 2.25 bits per heavy atom. The van der Waals surface area contributed by atoms with E-state index in [1.807, 2.05) is 44.2 Å². The molecule has 0 radical (unpaired) electrons. The van der Waals surface area contributed by atoms with Crippen LogP contribution in [0.3, 0.4) is 0 Å². The van der Waals surface area contributed by atoms with E-state index in [0.717, 1.165) is 16.9 Å². The average molecular weight is 272 g/mol. The molecule has 20 heavy (non-hydrogen) atoms. The largest absolute Gasteiger partial charge is 0.329 e. The second-order valence-electron chi connectivity index (χ2n) is 5.12. The molecule has 1 unspecified atom stereocenters. The van der Waals surface area contributed by atoms with E-state index in [-0.39, 0.29) is 5.91 Å². The van der Waals surface area contributed by atoms with E-state index in [1.165, 1.54) is 0 Å². The van der Waals surface area contributed by atoms with Gasteiger partial charge in [0, 0.05) is 24.0 Å². The molecule has 2 aromatic rings. The molecule has 5 heteroatoms. The second-order valence-corrected chi connectivity index (χ2v) is 5.12. The van der Waals surface area contributed by atoms with Crippen molar-refractivity contribution >= 4 is 11.6 Å². The first-order valence-corrected chi connectivity index (χ1v) is 6.70. The van der Waals surface area contributed by atoms with E-state index in [1.54, 1.807) is 6.20 Å². The Morgan fingerprint density at radius 3 is 2.85 bits per heavy atom. The molecule has 0 saturated heterocycles. The van der Waals surface area contributed by atoms with Gasteiger partial charge in [-0.3, -0.25) is 9.89 Å². The van der Waals surface area contributed by atoms with Gasteiger partial charge in [-0.05, 0) is 31.5 Å². The van der Waals surface area contributed by atoms with Gasteiger partial charge in [-0.15, -0.1) is 0 Å². The van der Waals surface area contributed by atoms with E-state index in [4.69, 9.17) is 5.73 Å². The fourth-order valence-electron chi connectivity index (χ4n) is 1.86. The number of anilines is 1. The van der Waals surface area contributed by atoms with Gasteiger partial charge in [0.1, 0.15) is 0 Å². The van der Waals surface area contributed by atoms with Gasteiger partial charge in [-0.1, -0.05) is 19.1 Å². The number of H-pyrrole nitrogens is 1. The van der Waals surface area contributed by atoms with E-state index in [9.17, 15) is 4.79 Å². The number of nitrogens with one attached hydrogen (secondary N) is 2. The summed E-state index contributed by atoms with van der Waals surface area (Å²) in [7, 11) is 0. The lowest BCUT2D eigenvalue weighted by molar-refractivity contribution is -0.124. The number of aromatic amines is 1. The molecule has 0 aliphatic heterocycles. The van der Waals surface area contributed by atoms with Gasteiger partial charge in [-0.2, -0.15) is 5.10 Å². The lowest BCUT2D eigenvalue weighted by atomic mass is 9.86. The van der Waals surface area contributed by atoms with Crippen molar-refractivity contribution in [3.05, 3.63) is 36.5 Å². The van der Waals surface area contributed by atoms with Crippen LogP contribution in [0.4, 0.5) is 5.69 Å². The van der Waals surface area contributed by atoms with Crippen molar-refractivity contribution in [3.63, 3.8) is 0 Å². The molecule has 1 aromatic heterocycles. The number of rotatable bonds is 5. The van der Waals surface area contributed by atoms with Gasteiger partial charge in [0.2, 0.25) is 5.91 Å². The molecule has 1 heterocycles. The van der Waals surface area contributed by atoms with Gasteiger partial charge in [0.25, 0.3) is 0 Å². The van der Waals surface area contributed by atoms with Crippen molar-refractivity contribution in [1.82, 2.24) is 10.2 Å². The summed E-state index contributed by atoms with van der Waals surface area (Å²) in [6, 6.07) is 9.53. The predicted molar refractivity (Wildman–Crippen MR) is 80.1 cm³/mol. The lowest BCUT2D eigenvalue weighted by Crippen LogP contribution is -2.39. The predicted octanol–water partition coefficient (Wildman–Crippen LogP) is 2.39. The Bertz CT molecular complexity index is 573. The van der Waals surface area contributed by atoms with Gasteiger partial charge >= 0.3 is 0 Å². The van der Waals surface area contributed by atoms with Gasteiger partial charge in [0.15, 0.2) is 0 Å². The monoisotopic (exact) mass is 272 g/mol. The van der Waals surface area contributed by atoms with Crippen LogP contribution >= 0.6 is 0 Å². The molecule has 0 spiro atoms. The highest BCUT2D eigenvalue weighted by molar-refractivity contribution is 5.95. The van der Waals surface area contributed by atoms with Crippen molar-refractivity contribution in [2.24, 2.45) is 11.1 Å². The molecule has 0 aliphatic rings. The van der Waals surface area contributed by atoms with Crippen LogP contribution in [0.1, 0.15) is 20.3 Å².